The van der Waals surface area contributed by atoms with Crippen LogP contribution in [0.3, 0.4) is 0 Å². The average Bonchev–Trinajstić information content (AvgIpc) is 2.42. The SMILES string of the molecule is O.[CH2-]c1ccccc1Nc1ncnc2ccc(O)cc12.[Y]. The number of benzene rings is 2. The molecule has 3 aromatic rings. The summed E-state index contributed by atoms with van der Waals surface area (Å²) in [5.41, 5.74) is 2.54. The molecule has 0 aliphatic rings. The van der Waals surface area contributed by atoms with Gasteiger partial charge in [-0.1, -0.05) is 17.8 Å². The van der Waals surface area contributed by atoms with Gasteiger partial charge in [-0.05, 0) is 18.2 Å². The van der Waals surface area contributed by atoms with Gasteiger partial charge >= 0.3 is 0 Å². The first-order chi connectivity index (χ1) is 9.24. The van der Waals surface area contributed by atoms with E-state index in [-0.39, 0.29) is 43.9 Å². The molecule has 1 aromatic heterocycles. The molecule has 0 fully saturated rings. The van der Waals surface area contributed by atoms with E-state index in [2.05, 4.69) is 22.2 Å². The van der Waals surface area contributed by atoms with Crippen LogP contribution in [-0.2, 0) is 32.7 Å². The maximum atomic E-state index is 9.58. The van der Waals surface area contributed by atoms with Crippen molar-refractivity contribution in [1.29, 1.82) is 0 Å². The van der Waals surface area contributed by atoms with Crippen molar-refractivity contribution < 1.29 is 43.3 Å². The van der Waals surface area contributed by atoms with Crippen LogP contribution in [0.5, 0.6) is 5.75 Å². The molecule has 0 amide bonds. The van der Waals surface area contributed by atoms with Crippen LogP contribution in [0.4, 0.5) is 11.5 Å². The molecule has 0 aliphatic carbocycles. The maximum Gasteiger partial charge on any atom is 0.130 e. The minimum Gasteiger partial charge on any atom is -0.508 e. The molecule has 2 aromatic carbocycles. The van der Waals surface area contributed by atoms with Crippen LogP contribution in [0.15, 0.2) is 48.8 Å². The second kappa shape index (κ2) is 7.36. The van der Waals surface area contributed by atoms with Crippen molar-refractivity contribution in [2.75, 3.05) is 5.32 Å². The Balaban J connectivity index is 0.00000110. The fourth-order valence-corrected chi connectivity index (χ4v) is 1.91. The van der Waals surface area contributed by atoms with E-state index in [9.17, 15) is 5.11 Å². The van der Waals surface area contributed by atoms with Crippen LogP contribution in [0.1, 0.15) is 5.56 Å². The monoisotopic (exact) mass is 357 g/mol. The van der Waals surface area contributed by atoms with Crippen LogP contribution in [0.25, 0.3) is 10.9 Å². The molecule has 0 unspecified atom stereocenters. The number of anilines is 2. The Morgan fingerprint density at radius 1 is 1.05 bits per heavy atom. The summed E-state index contributed by atoms with van der Waals surface area (Å²) in [7, 11) is 0. The molecule has 6 heteroatoms. The Labute approximate surface area is 147 Å². The van der Waals surface area contributed by atoms with Crippen molar-refractivity contribution in [3.05, 3.63) is 61.3 Å². The zero-order valence-corrected chi connectivity index (χ0v) is 14.1. The standard InChI is InChI=1S/C15H12N3O.H2O.Y/c1-10-4-2-3-5-13(10)18-15-12-8-11(19)6-7-14(12)16-9-17-15;;/h2-9,19H,1H2,(H,16,17,18);1H2;/q-1;;. The Kier molecular flexibility index (Phi) is 6.09. The second-order valence-corrected chi connectivity index (χ2v) is 4.21. The number of nitrogens with one attached hydrogen (secondary N) is 1. The molecule has 3 rings (SSSR count). The molecule has 0 saturated heterocycles. The van der Waals surface area contributed by atoms with Gasteiger partial charge in [-0.3, -0.25) is 0 Å². The van der Waals surface area contributed by atoms with E-state index in [0.717, 1.165) is 22.2 Å². The van der Waals surface area contributed by atoms with Crippen LogP contribution in [0, 0.1) is 6.92 Å². The Hall–Kier alpha value is -1.69. The van der Waals surface area contributed by atoms with Crippen molar-refractivity contribution in [3.8, 4) is 5.75 Å². The van der Waals surface area contributed by atoms with Crippen LogP contribution < -0.4 is 5.32 Å². The Bertz CT molecular complexity index is 750. The fourth-order valence-electron chi connectivity index (χ4n) is 1.91. The summed E-state index contributed by atoms with van der Waals surface area (Å²) >= 11 is 0. The van der Waals surface area contributed by atoms with Gasteiger partial charge in [0.1, 0.15) is 17.9 Å². The average molecular weight is 357 g/mol. The molecule has 0 bridgehead atoms. The zero-order valence-electron chi connectivity index (χ0n) is 11.2. The quantitative estimate of drug-likeness (QED) is 0.690. The zero-order chi connectivity index (χ0) is 13.2. The van der Waals surface area contributed by atoms with Crippen molar-refractivity contribution in [2.24, 2.45) is 0 Å². The van der Waals surface area contributed by atoms with E-state index in [1.54, 1.807) is 18.2 Å². The molecular weight excluding hydrogens is 343 g/mol. The van der Waals surface area contributed by atoms with Crippen molar-refractivity contribution in [3.63, 3.8) is 0 Å². The number of nitrogens with zero attached hydrogens (tertiary/aromatic N) is 2. The molecule has 0 aliphatic heterocycles. The van der Waals surface area contributed by atoms with Gasteiger partial charge in [0.25, 0.3) is 0 Å². The normalized spacial score (nSPS) is 9.52. The number of fused-ring (bicyclic) bond motifs is 1. The number of phenolic OH excluding ortho intramolecular Hbond substituents is 1. The summed E-state index contributed by atoms with van der Waals surface area (Å²) < 4.78 is 0. The van der Waals surface area contributed by atoms with Gasteiger partial charge < -0.3 is 15.9 Å². The van der Waals surface area contributed by atoms with Crippen LogP contribution in [0.2, 0.25) is 0 Å². The van der Waals surface area contributed by atoms with E-state index in [0.29, 0.717) is 5.82 Å². The first-order valence-corrected chi connectivity index (χ1v) is 5.86. The smallest absolute Gasteiger partial charge is 0.130 e. The minimum absolute atomic E-state index is 0. The fraction of sp³-hybridized carbons (Fsp3) is 0. The number of aromatic nitrogens is 2. The Morgan fingerprint density at radius 2 is 1.81 bits per heavy atom. The van der Waals surface area contributed by atoms with Gasteiger partial charge in [-0.15, -0.1) is 6.07 Å². The van der Waals surface area contributed by atoms with Crippen molar-refractivity contribution >= 4 is 22.4 Å². The third-order valence-corrected chi connectivity index (χ3v) is 2.89. The number of hydrogen-bond donors (Lipinski definition) is 2. The summed E-state index contributed by atoms with van der Waals surface area (Å²) in [6.07, 6.45) is 1.49. The maximum absolute atomic E-state index is 9.58. The molecule has 1 heterocycles. The van der Waals surface area contributed by atoms with Gasteiger partial charge in [-0.25, -0.2) is 9.97 Å². The third kappa shape index (κ3) is 3.70. The van der Waals surface area contributed by atoms with Gasteiger partial charge in [0, 0.05) is 38.1 Å². The predicted octanol–water partition coefficient (Wildman–Crippen LogP) is 2.43. The van der Waals surface area contributed by atoms with Crippen LogP contribution in [-0.4, -0.2) is 20.6 Å². The molecule has 4 N–H and O–H groups in total. The topological polar surface area (TPSA) is 89.5 Å². The predicted molar refractivity (Wildman–Crippen MR) is 79.0 cm³/mol. The van der Waals surface area contributed by atoms with E-state index >= 15 is 0 Å². The molecule has 5 nitrogen and oxygen atoms in total. The molecule has 0 spiro atoms. The van der Waals surface area contributed by atoms with E-state index in [1.807, 2.05) is 24.3 Å². The summed E-state index contributed by atoms with van der Waals surface area (Å²) in [4.78, 5) is 8.39. The molecule has 21 heavy (non-hydrogen) atoms. The number of aromatic hydroxyl groups is 1. The summed E-state index contributed by atoms with van der Waals surface area (Å²) in [5.74, 6) is 0.838. The van der Waals surface area contributed by atoms with Gasteiger partial charge in [0.15, 0.2) is 0 Å². The number of hydrogen-bond acceptors (Lipinski definition) is 4. The number of phenols is 1. The van der Waals surface area contributed by atoms with Gasteiger partial charge in [0.2, 0.25) is 0 Å². The molecular formula is C15H14N3O2Y-. The molecule has 105 valence electrons. The third-order valence-electron chi connectivity index (χ3n) is 2.89. The number of para-hydroxylation sites is 1. The Morgan fingerprint density at radius 3 is 2.57 bits per heavy atom. The van der Waals surface area contributed by atoms with E-state index in [1.165, 1.54) is 6.33 Å². The molecule has 1 radical (unpaired) electrons. The molecule has 0 saturated carbocycles. The first-order valence-electron chi connectivity index (χ1n) is 5.86. The van der Waals surface area contributed by atoms with E-state index in [4.69, 9.17) is 0 Å². The summed E-state index contributed by atoms with van der Waals surface area (Å²) in [5, 5.41) is 13.6. The summed E-state index contributed by atoms with van der Waals surface area (Å²) in [6.45, 7) is 3.96. The minimum atomic E-state index is 0. The summed E-state index contributed by atoms with van der Waals surface area (Å²) in [6, 6.07) is 12.7. The second-order valence-electron chi connectivity index (χ2n) is 4.21. The van der Waals surface area contributed by atoms with Gasteiger partial charge in [0.05, 0.1) is 5.52 Å². The first kappa shape index (κ1) is 17.4. The van der Waals surface area contributed by atoms with E-state index < -0.39 is 0 Å². The van der Waals surface area contributed by atoms with Crippen molar-refractivity contribution in [1.82, 2.24) is 9.97 Å². The molecule has 0 atom stereocenters. The van der Waals surface area contributed by atoms with Crippen molar-refractivity contribution in [2.45, 2.75) is 0 Å². The van der Waals surface area contributed by atoms with Gasteiger partial charge in [-0.2, -0.15) is 18.6 Å². The number of rotatable bonds is 2. The largest absolute Gasteiger partial charge is 0.508 e. The van der Waals surface area contributed by atoms with Crippen LogP contribution >= 0.6 is 0 Å².